The number of alkyl halides is 1. The highest BCUT2D eigenvalue weighted by Gasteiger charge is 2.21. The first kappa shape index (κ1) is 16.1. The van der Waals surface area contributed by atoms with Crippen LogP contribution in [0.4, 0.5) is 0 Å². The van der Waals surface area contributed by atoms with Gasteiger partial charge in [-0.25, -0.2) is 4.79 Å². The van der Waals surface area contributed by atoms with Crippen molar-refractivity contribution in [1.82, 2.24) is 0 Å². The molecule has 0 heterocycles. The maximum absolute atomic E-state index is 11.4. The Morgan fingerprint density at radius 1 is 1.16 bits per heavy atom. The Morgan fingerprint density at radius 3 is 2.11 bits per heavy atom. The molecular weight excluding hydrogens is 312 g/mol. The van der Waals surface area contributed by atoms with Gasteiger partial charge in [0.2, 0.25) is 0 Å². The number of halogens is 1. The highest BCUT2D eigenvalue weighted by atomic mass is 79.9. The van der Waals surface area contributed by atoms with Gasteiger partial charge in [-0.05, 0) is 31.5 Å². The maximum Gasteiger partial charge on any atom is 0.337 e. The van der Waals surface area contributed by atoms with Gasteiger partial charge >= 0.3 is 5.97 Å². The van der Waals surface area contributed by atoms with Crippen LogP contribution in [0, 0.1) is 0 Å². The van der Waals surface area contributed by atoms with E-state index in [2.05, 4.69) is 20.7 Å². The molecule has 0 radical (unpaired) electrons. The molecule has 0 spiro atoms. The molecule has 0 fully saturated rings. The lowest BCUT2D eigenvalue weighted by atomic mass is 10.1. The second-order valence-corrected chi connectivity index (χ2v) is 4.78. The Labute approximate surface area is 122 Å². The summed E-state index contributed by atoms with van der Waals surface area (Å²) in [6.45, 7) is 5.00. The predicted octanol–water partition coefficient (Wildman–Crippen LogP) is 3.31. The Kier molecular flexibility index (Phi) is 7.05. The molecule has 1 atom stereocenters. The maximum atomic E-state index is 11.4. The minimum Gasteiger partial charge on any atom is -0.465 e. The molecule has 1 unspecified atom stereocenters. The van der Waals surface area contributed by atoms with E-state index < -0.39 is 0 Å². The van der Waals surface area contributed by atoms with Crippen LogP contribution in [-0.2, 0) is 14.2 Å². The number of rotatable bonds is 7. The van der Waals surface area contributed by atoms with Crippen LogP contribution in [0.2, 0.25) is 0 Å². The zero-order valence-corrected chi connectivity index (χ0v) is 13.0. The largest absolute Gasteiger partial charge is 0.465 e. The summed E-state index contributed by atoms with van der Waals surface area (Å²) in [5, 5.41) is 0. The predicted molar refractivity (Wildman–Crippen MR) is 76.5 cm³/mol. The first-order valence-electron chi connectivity index (χ1n) is 6.19. The number of hydrogen-bond donors (Lipinski definition) is 0. The first-order chi connectivity index (χ1) is 9.13. The number of ether oxygens (including phenoxy) is 3. The summed E-state index contributed by atoms with van der Waals surface area (Å²) in [6.07, 6.45) is -0.348. The summed E-state index contributed by atoms with van der Waals surface area (Å²) >= 11 is 3.57. The van der Waals surface area contributed by atoms with Crippen molar-refractivity contribution in [3.63, 3.8) is 0 Å². The van der Waals surface area contributed by atoms with Gasteiger partial charge in [-0.1, -0.05) is 28.1 Å². The van der Waals surface area contributed by atoms with Crippen LogP contribution >= 0.6 is 15.9 Å². The number of benzene rings is 1. The molecule has 0 aromatic heterocycles. The van der Waals surface area contributed by atoms with Crippen molar-refractivity contribution in [3.8, 4) is 0 Å². The van der Waals surface area contributed by atoms with Crippen molar-refractivity contribution in [2.75, 3.05) is 20.3 Å². The summed E-state index contributed by atoms with van der Waals surface area (Å²) in [4.78, 5) is 11.3. The summed E-state index contributed by atoms with van der Waals surface area (Å²) < 4.78 is 15.7. The molecule has 0 amide bonds. The number of carbonyl (C=O) groups excluding carboxylic acids is 1. The Balaban J connectivity index is 2.80. The summed E-state index contributed by atoms with van der Waals surface area (Å²) in [5.74, 6) is -0.344. The van der Waals surface area contributed by atoms with Gasteiger partial charge in [0.15, 0.2) is 6.29 Å². The van der Waals surface area contributed by atoms with Gasteiger partial charge in [0, 0.05) is 13.2 Å². The molecule has 5 heteroatoms. The normalized spacial score (nSPS) is 12.5. The van der Waals surface area contributed by atoms with Gasteiger partial charge < -0.3 is 14.2 Å². The lowest BCUT2D eigenvalue weighted by Crippen LogP contribution is -2.22. The van der Waals surface area contributed by atoms with Crippen LogP contribution in [0.25, 0.3) is 0 Å². The van der Waals surface area contributed by atoms with E-state index in [9.17, 15) is 4.79 Å². The molecule has 0 aliphatic heterocycles. The molecule has 1 rings (SSSR count). The molecule has 0 aliphatic carbocycles. The summed E-state index contributed by atoms with van der Waals surface area (Å²) in [7, 11) is 1.36. The van der Waals surface area contributed by atoms with E-state index >= 15 is 0 Å². The van der Waals surface area contributed by atoms with Crippen LogP contribution in [0.5, 0.6) is 0 Å². The van der Waals surface area contributed by atoms with Crippen molar-refractivity contribution in [1.29, 1.82) is 0 Å². The second-order valence-electron chi connectivity index (χ2n) is 3.79. The summed E-state index contributed by atoms with van der Waals surface area (Å²) in [6, 6.07) is 7.17. The van der Waals surface area contributed by atoms with Crippen LogP contribution in [0.15, 0.2) is 24.3 Å². The molecule has 106 valence electrons. The number of carbonyl (C=O) groups is 1. The van der Waals surface area contributed by atoms with Gasteiger partial charge in [-0.2, -0.15) is 0 Å². The van der Waals surface area contributed by atoms with E-state index in [-0.39, 0.29) is 17.1 Å². The molecule has 0 N–H and O–H groups in total. The van der Waals surface area contributed by atoms with Gasteiger partial charge in [-0.15, -0.1) is 0 Å². The number of methoxy groups -OCH3 is 1. The van der Waals surface area contributed by atoms with E-state index in [1.54, 1.807) is 12.1 Å². The zero-order valence-electron chi connectivity index (χ0n) is 11.4. The van der Waals surface area contributed by atoms with E-state index in [4.69, 9.17) is 9.47 Å². The quantitative estimate of drug-likeness (QED) is 0.437. The number of hydrogen-bond acceptors (Lipinski definition) is 4. The standard InChI is InChI=1S/C14H19BrO4/c1-4-18-14(19-5-2)12(15)10-6-8-11(9-7-10)13(16)17-3/h6-9,12,14H,4-5H2,1-3H3. The lowest BCUT2D eigenvalue weighted by Gasteiger charge is -2.22. The first-order valence-corrected chi connectivity index (χ1v) is 7.11. The molecule has 0 bridgehead atoms. The molecule has 1 aromatic carbocycles. The van der Waals surface area contributed by atoms with E-state index in [0.717, 1.165) is 5.56 Å². The van der Waals surface area contributed by atoms with Crippen molar-refractivity contribution in [3.05, 3.63) is 35.4 Å². The van der Waals surface area contributed by atoms with Crippen LogP contribution < -0.4 is 0 Å². The monoisotopic (exact) mass is 330 g/mol. The Bertz CT molecular complexity index is 385. The molecular formula is C14H19BrO4. The highest BCUT2D eigenvalue weighted by molar-refractivity contribution is 9.09. The highest BCUT2D eigenvalue weighted by Crippen LogP contribution is 2.29. The fourth-order valence-electron chi connectivity index (χ4n) is 1.62. The van der Waals surface area contributed by atoms with Gasteiger partial charge in [0.1, 0.15) is 0 Å². The molecule has 0 saturated carbocycles. The average molecular weight is 331 g/mol. The number of esters is 1. The third kappa shape index (κ3) is 4.60. The minimum absolute atomic E-state index is 0.0842. The van der Waals surface area contributed by atoms with Crippen LogP contribution in [0.1, 0.15) is 34.6 Å². The van der Waals surface area contributed by atoms with Crippen molar-refractivity contribution in [2.45, 2.75) is 25.0 Å². The van der Waals surface area contributed by atoms with Crippen LogP contribution in [-0.4, -0.2) is 32.6 Å². The molecule has 4 nitrogen and oxygen atoms in total. The fraction of sp³-hybridized carbons (Fsp3) is 0.500. The SMILES string of the molecule is CCOC(OCC)C(Br)c1ccc(C(=O)OC)cc1. The van der Waals surface area contributed by atoms with E-state index in [0.29, 0.717) is 18.8 Å². The lowest BCUT2D eigenvalue weighted by molar-refractivity contribution is -0.135. The van der Waals surface area contributed by atoms with Crippen molar-refractivity contribution < 1.29 is 19.0 Å². The molecule has 1 aromatic rings. The van der Waals surface area contributed by atoms with Crippen LogP contribution in [0.3, 0.4) is 0 Å². The second kappa shape index (κ2) is 8.30. The average Bonchev–Trinajstić information content (AvgIpc) is 2.45. The Morgan fingerprint density at radius 2 is 1.68 bits per heavy atom. The van der Waals surface area contributed by atoms with E-state index in [1.807, 2.05) is 26.0 Å². The minimum atomic E-state index is -0.348. The zero-order chi connectivity index (χ0) is 14.3. The smallest absolute Gasteiger partial charge is 0.337 e. The Hall–Kier alpha value is -0.910. The third-order valence-electron chi connectivity index (χ3n) is 2.55. The van der Waals surface area contributed by atoms with Gasteiger partial charge in [-0.3, -0.25) is 0 Å². The van der Waals surface area contributed by atoms with Crippen molar-refractivity contribution >= 4 is 21.9 Å². The summed E-state index contributed by atoms with van der Waals surface area (Å²) in [5.41, 5.74) is 1.51. The van der Waals surface area contributed by atoms with Gasteiger partial charge in [0.25, 0.3) is 0 Å². The molecule has 0 saturated heterocycles. The molecule has 19 heavy (non-hydrogen) atoms. The molecule has 0 aliphatic rings. The third-order valence-corrected chi connectivity index (χ3v) is 3.51. The fourth-order valence-corrected chi connectivity index (χ4v) is 2.23. The van der Waals surface area contributed by atoms with Crippen molar-refractivity contribution in [2.24, 2.45) is 0 Å². The van der Waals surface area contributed by atoms with E-state index in [1.165, 1.54) is 7.11 Å². The van der Waals surface area contributed by atoms with Gasteiger partial charge in [0.05, 0.1) is 17.5 Å². The topological polar surface area (TPSA) is 44.8 Å².